The zero-order chi connectivity index (χ0) is 24.8. The van der Waals surface area contributed by atoms with E-state index in [-0.39, 0.29) is 24.5 Å². The van der Waals surface area contributed by atoms with Crippen LogP contribution in [-0.2, 0) is 14.3 Å². The number of carbonyl (C=O) groups is 2. The molecule has 0 aromatic carbocycles. The third kappa shape index (κ3) is 6.20. The maximum atomic E-state index is 13.0. The highest BCUT2D eigenvalue weighted by molar-refractivity contribution is 5.83. The third-order valence-corrected chi connectivity index (χ3v) is 8.02. The second-order valence-electron chi connectivity index (χ2n) is 10.5. The summed E-state index contributed by atoms with van der Waals surface area (Å²) in [6.07, 6.45) is 8.67. The number of aliphatic hydroxyl groups excluding tert-OH is 2. The molecule has 2 heterocycles. The first-order chi connectivity index (χ1) is 16.2. The van der Waals surface area contributed by atoms with Gasteiger partial charge in [-0.3, -0.25) is 9.59 Å². The molecule has 194 valence electrons. The Labute approximate surface area is 202 Å². The van der Waals surface area contributed by atoms with Crippen LogP contribution in [0.25, 0.3) is 0 Å². The van der Waals surface area contributed by atoms with Gasteiger partial charge < -0.3 is 30.5 Å². The van der Waals surface area contributed by atoms with Gasteiger partial charge in [0.15, 0.2) is 11.6 Å². The predicted molar refractivity (Wildman–Crippen MR) is 127 cm³/mol. The van der Waals surface area contributed by atoms with Gasteiger partial charge in [-0.05, 0) is 25.2 Å². The molecule has 3 aliphatic rings. The van der Waals surface area contributed by atoms with Gasteiger partial charge >= 0.3 is 5.97 Å². The highest BCUT2D eigenvalue weighted by Gasteiger charge is 2.63. The molecule has 3 rings (SSSR count). The normalized spacial score (nSPS) is 33.1. The number of nitrogens with one attached hydrogen (secondary N) is 1. The van der Waals surface area contributed by atoms with E-state index in [1.165, 1.54) is 0 Å². The number of aliphatic hydroxyl groups is 3. The van der Waals surface area contributed by atoms with E-state index in [9.17, 15) is 24.9 Å². The van der Waals surface area contributed by atoms with Crippen molar-refractivity contribution >= 4 is 11.8 Å². The first kappa shape index (κ1) is 27.1. The molecule has 0 saturated carbocycles. The molecule has 1 spiro atoms. The number of ketones is 1. The molecule has 0 aromatic rings. The highest BCUT2D eigenvalue weighted by atomic mass is 16.6. The van der Waals surface area contributed by atoms with Crippen LogP contribution in [0.4, 0.5) is 0 Å². The topological polar surface area (TPSA) is 136 Å². The number of rotatable bonds is 15. The Bertz CT molecular complexity index is 741. The number of Topliss-reactive ketones (excluding diaryl/α,β-unsaturated/α-hetero) is 1. The minimum absolute atomic E-state index is 0.0284. The minimum atomic E-state index is -1.40. The molecule has 8 nitrogen and oxygen atoms in total. The van der Waals surface area contributed by atoms with Crippen LogP contribution < -0.4 is 5.32 Å². The molecule has 0 radical (unpaired) electrons. The summed E-state index contributed by atoms with van der Waals surface area (Å²) in [5.74, 6) is -2.57. The first-order valence-corrected chi connectivity index (χ1v) is 13.2. The van der Waals surface area contributed by atoms with Crippen molar-refractivity contribution in [2.24, 2.45) is 11.3 Å². The zero-order valence-corrected chi connectivity index (χ0v) is 20.5. The van der Waals surface area contributed by atoms with Gasteiger partial charge in [0.2, 0.25) is 0 Å². The van der Waals surface area contributed by atoms with Gasteiger partial charge in [0.25, 0.3) is 0 Å². The summed E-state index contributed by atoms with van der Waals surface area (Å²) in [4.78, 5) is 23.5. The van der Waals surface area contributed by atoms with Crippen molar-refractivity contribution in [3.63, 3.8) is 0 Å². The van der Waals surface area contributed by atoms with Gasteiger partial charge in [-0.1, -0.05) is 57.9 Å². The molecule has 6 atom stereocenters. The maximum absolute atomic E-state index is 13.0. The summed E-state index contributed by atoms with van der Waals surface area (Å²) in [6.45, 7) is 2.57. The van der Waals surface area contributed by atoms with E-state index in [4.69, 9.17) is 9.84 Å². The van der Waals surface area contributed by atoms with E-state index >= 15 is 0 Å². The quantitative estimate of drug-likeness (QED) is 0.225. The molecule has 2 unspecified atom stereocenters. The number of carbonyl (C=O) groups excluding carboxylic acids is 1. The molecule has 8 heteroatoms. The number of β-amino-alcohol motifs (C(OH)–C–C–N with tert-alkyl or cyclic N) is 1. The number of aliphatic carboxylic acids is 1. The van der Waals surface area contributed by atoms with Crippen molar-refractivity contribution in [1.29, 1.82) is 0 Å². The van der Waals surface area contributed by atoms with E-state index in [2.05, 4.69) is 12.2 Å². The van der Waals surface area contributed by atoms with E-state index < -0.39 is 35.5 Å². The number of hydrogen-bond acceptors (Lipinski definition) is 7. The first-order valence-electron chi connectivity index (χ1n) is 13.2. The molecular weight excluding hydrogens is 438 g/mol. The number of ether oxygens (including phenoxy) is 1. The molecule has 2 aliphatic heterocycles. The molecule has 0 amide bonds. The Hall–Kier alpha value is -1.48. The lowest BCUT2D eigenvalue weighted by Gasteiger charge is -2.55. The number of fused-ring (bicyclic) bond motifs is 1. The summed E-state index contributed by atoms with van der Waals surface area (Å²) in [6, 6.07) is 0. The molecule has 5 N–H and O–H groups in total. The fourth-order valence-electron chi connectivity index (χ4n) is 6.24. The Morgan fingerprint density at radius 3 is 2.65 bits per heavy atom. The lowest BCUT2D eigenvalue weighted by atomic mass is 9.58. The van der Waals surface area contributed by atoms with Gasteiger partial charge in [-0.15, -0.1) is 0 Å². The Balaban J connectivity index is 1.60. The molecule has 2 fully saturated rings. The van der Waals surface area contributed by atoms with E-state index in [0.717, 1.165) is 50.6 Å². The van der Waals surface area contributed by atoms with Crippen molar-refractivity contribution < 1.29 is 34.8 Å². The summed E-state index contributed by atoms with van der Waals surface area (Å²) < 4.78 is 6.14. The van der Waals surface area contributed by atoms with Gasteiger partial charge in [-0.2, -0.15) is 0 Å². The Morgan fingerprint density at radius 2 is 1.91 bits per heavy atom. The molecule has 1 aliphatic carbocycles. The van der Waals surface area contributed by atoms with Crippen LogP contribution in [0, 0.1) is 11.3 Å². The molecule has 2 bridgehead atoms. The van der Waals surface area contributed by atoms with E-state index in [1.54, 1.807) is 0 Å². The van der Waals surface area contributed by atoms with Gasteiger partial charge in [0.05, 0.1) is 12.2 Å². The molecule has 0 aromatic heterocycles. The third-order valence-electron chi connectivity index (χ3n) is 8.02. The SMILES string of the molecule is CCCCC[C@@H]1[C@H](CC(=O)C(O)CCCCCCCC(=O)O)O[C@]2(O)CC=C3NC[C@H](O)C31C2. The van der Waals surface area contributed by atoms with Crippen LogP contribution in [0.1, 0.15) is 96.8 Å². The minimum Gasteiger partial charge on any atom is -0.481 e. The average molecular weight is 482 g/mol. The fourth-order valence-corrected chi connectivity index (χ4v) is 6.24. The largest absolute Gasteiger partial charge is 0.481 e. The lowest BCUT2D eigenvalue weighted by molar-refractivity contribution is -0.306. The molecular formula is C26H43NO7. The Morgan fingerprint density at radius 1 is 1.18 bits per heavy atom. The van der Waals surface area contributed by atoms with Gasteiger partial charge in [-0.25, -0.2) is 0 Å². The van der Waals surface area contributed by atoms with Crippen molar-refractivity contribution in [1.82, 2.24) is 5.32 Å². The zero-order valence-electron chi connectivity index (χ0n) is 20.5. The van der Waals surface area contributed by atoms with E-state index in [0.29, 0.717) is 38.6 Å². The Kier molecular flexibility index (Phi) is 9.55. The fraction of sp³-hybridized carbons (Fsp3) is 0.846. The van der Waals surface area contributed by atoms with Crippen LogP contribution in [-0.4, -0.2) is 62.8 Å². The summed E-state index contributed by atoms with van der Waals surface area (Å²) in [5.41, 5.74) is 0.334. The monoisotopic (exact) mass is 481 g/mol. The number of carboxylic acid groups (broad SMARTS) is 1. The average Bonchev–Trinajstić information content (AvgIpc) is 3.09. The van der Waals surface area contributed by atoms with Crippen LogP contribution in [0.3, 0.4) is 0 Å². The van der Waals surface area contributed by atoms with Crippen molar-refractivity contribution in [2.75, 3.05) is 6.54 Å². The van der Waals surface area contributed by atoms with Crippen LogP contribution >= 0.6 is 0 Å². The standard InChI is InChI=1S/C26H43NO7/c1-2-3-7-10-18-21(15-20(29)19(28)11-8-5-4-6-9-12-24(31)32)34-25(33)14-13-22-26(18,17-25)23(30)16-27-22/h13,18-19,21,23,27-28,30,33H,2-12,14-17H2,1H3,(H,31,32)/t18-,19?,21+,23+,25-,26?/m1/s1. The van der Waals surface area contributed by atoms with Crippen molar-refractivity contribution in [3.8, 4) is 0 Å². The van der Waals surface area contributed by atoms with E-state index in [1.807, 2.05) is 6.08 Å². The second kappa shape index (κ2) is 12.0. The number of hydrogen-bond donors (Lipinski definition) is 5. The summed E-state index contributed by atoms with van der Waals surface area (Å²) in [7, 11) is 0. The summed E-state index contributed by atoms with van der Waals surface area (Å²) in [5, 5.41) is 44.7. The maximum Gasteiger partial charge on any atom is 0.303 e. The van der Waals surface area contributed by atoms with Crippen LogP contribution in [0.15, 0.2) is 11.8 Å². The predicted octanol–water partition coefficient (Wildman–Crippen LogP) is 3.03. The molecule has 34 heavy (non-hydrogen) atoms. The van der Waals surface area contributed by atoms with Crippen LogP contribution in [0.2, 0.25) is 0 Å². The van der Waals surface area contributed by atoms with Gasteiger partial charge in [0.1, 0.15) is 6.10 Å². The highest BCUT2D eigenvalue weighted by Crippen LogP contribution is 2.58. The number of carboxylic acids is 1. The van der Waals surface area contributed by atoms with Gasteiger partial charge in [0, 0.05) is 43.3 Å². The summed E-state index contributed by atoms with van der Waals surface area (Å²) >= 11 is 0. The lowest BCUT2D eigenvalue weighted by Crippen LogP contribution is -2.60. The molecule has 2 saturated heterocycles. The van der Waals surface area contributed by atoms with Crippen molar-refractivity contribution in [2.45, 2.75) is 121 Å². The van der Waals surface area contributed by atoms with Crippen LogP contribution in [0.5, 0.6) is 0 Å². The number of unbranched alkanes of at least 4 members (excludes halogenated alkanes) is 6. The smallest absolute Gasteiger partial charge is 0.303 e. The van der Waals surface area contributed by atoms with Crippen molar-refractivity contribution in [3.05, 3.63) is 11.8 Å². The second-order valence-corrected chi connectivity index (χ2v) is 10.5.